The standard InChI is InChI=1S/C21H33N3OS/c1-5-22-21(19-12-8-7-11-18(19)16(3)4)26-15-20(25)23-14-17-10-9-13-24(17)6-2/h7-8,11-12,16-17H,5-6,9-10,13-15H2,1-4H3,(H,23,25). The van der Waals surface area contributed by atoms with Crippen LogP contribution in [0.15, 0.2) is 29.3 Å². The van der Waals surface area contributed by atoms with E-state index >= 15 is 0 Å². The van der Waals surface area contributed by atoms with E-state index in [1.807, 2.05) is 13.0 Å². The highest BCUT2D eigenvalue weighted by Gasteiger charge is 2.23. The molecule has 4 nitrogen and oxygen atoms in total. The van der Waals surface area contributed by atoms with Gasteiger partial charge in [-0.3, -0.25) is 14.7 Å². The quantitative estimate of drug-likeness (QED) is 0.553. The number of nitrogens with zero attached hydrogens (tertiary/aromatic N) is 2. The Bertz CT molecular complexity index is 615. The molecule has 1 heterocycles. The summed E-state index contributed by atoms with van der Waals surface area (Å²) in [6.07, 6.45) is 2.42. The molecule has 1 aromatic carbocycles. The van der Waals surface area contributed by atoms with Crippen molar-refractivity contribution in [1.82, 2.24) is 10.2 Å². The van der Waals surface area contributed by atoms with E-state index < -0.39 is 0 Å². The number of hydrogen-bond acceptors (Lipinski definition) is 4. The number of thioether (sulfide) groups is 1. The Morgan fingerprint density at radius 1 is 1.35 bits per heavy atom. The first-order valence-corrected chi connectivity index (χ1v) is 10.8. The van der Waals surface area contributed by atoms with Crippen molar-refractivity contribution >= 4 is 22.7 Å². The Morgan fingerprint density at radius 3 is 2.81 bits per heavy atom. The van der Waals surface area contributed by atoms with E-state index in [2.05, 4.69) is 54.2 Å². The number of hydrogen-bond donors (Lipinski definition) is 1. The summed E-state index contributed by atoms with van der Waals surface area (Å²) >= 11 is 1.55. The van der Waals surface area contributed by atoms with Crippen LogP contribution in [0, 0.1) is 0 Å². The minimum atomic E-state index is 0.101. The molecule has 1 amide bonds. The van der Waals surface area contributed by atoms with E-state index in [-0.39, 0.29) is 5.91 Å². The van der Waals surface area contributed by atoms with E-state index in [1.54, 1.807) is 11.8 Å². The Morgan fingerprint density at radius 2 is 2.12 bits per heavy atom. The normalized spacial score (nSPS) is 18.5. The molecule has 144 valence electrons. The molecule has 1 N–H and O–H groups in total. The third-order valence-corrected chi connectivity index (χ3v) is 5.92. The van der Waals surface area contributed by atoms with Crippen molar-refractivity contribution in [2.45, 2.75) is 52.5 Å². The second kappa shape index (κ2) is 10.7. The van der Waals surface area contributed by atoms with Crippen LogP contribution in [-0.2, 0) is 4.79 Å². The van der Waals surface area contributed by atoms with Gasteiger partial charge >= 0.3 is 0 Å². The van der Waals surface area contributed by atoms with Crippen LogP contribution in [0.1, 0.15) is 57.6 Å². The van der Waals surface area contributed by atoms with Crippen molar-refractivity contribution in [1.29, 1.82) is 0 Å². The molecule has 1 saturated heterocycles. The lowest BCUT2D eigenvalue weighted by Crippen LogP contribution is -2.40. The monoisotopic (exact) mass is 375 g/mol. The van der Waals surface area contributed by atoms with Gasteiger partial charge in [-0.2, -0.15) is 0 Å². The van der Waals surface area contributed by atoms with Gasteiger partial charge in [-0.1, -0.05) is 56.8 Å². The molecule has 1 fully saturated rings. The predicted molar refractivity (Wildman–Crippen MR) is 113 cm³/mol. The van der Waals surface area contributed by atoms with E-state index in [4.69, 9.17) is 0 Å². The van der Waals surface area contributed by atoms with Crippen molar-refractivity contribution in [3.8, 4) is 0 Å². The lowest BCUT2D eigenvalue weighted by molar-refractivity contribution is -0.118. The molecule has 1 aliphatic heterocycles. The Kier molecular flexibility index (Phi) is 8.66. The molecular weight excluding hydrogens is 342 g/mol. The average molecular weight is 376 g/mol. The Labute approximate surface area is 162 Å². The van der Waals surface area contributed by atoms with Gasteiger partial charge < -0.3 is 5.32 Å². The molecule has 2 rings (SSSR count). The van der Waals surface area contributed by atoms with E-state index in [9.17, 15) is 4.79 Å². The molecule has 1 aliphatic rings. The summed E-state index contributed by atoms with van der Waals surface area (Å²) in [6, 6.07) is 8.89. The van der Waals surface area contributed by atoms with Gasteiger partial charge in [0.15, 0.2) is 0 Å². The topological polar surface area (TPSA) is 44.7 Å². The number of amides is 1. The van der Waals surface area contributed by atoms with Crippen LogP contribution in [0.4, 0.5) is 0 Å². The zero-order valence-electron chi connectivity index (χ0n) is 16.6. The number of likely N-dealkylation sites (tertiary alicyclic amines) is 1. The van der Waals surface area contributed by atoms with Gasteiger partial charge in [0.2, 0.25) is 5.91 Å². The molecule has 5 heteroatoms. The summed E-state index contributed by atoms with van der Waals surface area (Å²) in [6.45, 7) is 12.3. The SMILES string of the molecule is CCN=C(SCC(=O)NCC1CCCN1CC)c1ccccc1C(C)C. The van der Waals surface area contributed by atoms with Crippen LogP contribution in [-0.4, -0.2) is 53.8 Å². The fourth-order valence-corrected chi connectivity index (χ4v) is 4.44. The fraction of sp³-hybridized carbons (Fsp3) is 0.619. The van der Waals surface area contributed by atoms with E-state index in [0.717, 1.165) is 36.8 Å². The van der Waals surface area contributed by atoms with Crippen LogP contribution < -0.4 is 5.32 Å². The highest BCUT2D eigenvalue weighted by Crippen LogP contribution is 2.24. The third kappa shape index (κ3) is 5.85. The van der Waals surface area contributed by atoms with Crippen LogP contribution >= 0.6 is 11.8 Å². The minimum Gasteiger partial charge on any atom is -0.354 e. The predicted octanol–water partition coefficient (Wildman–Crippen LogP) is 3.91. The minimum absolute atomic E-state index is 0.101. The van der Waals surface area contributed by atoms with Crippen LogP contribution in [0.3, 0.4) is 0 Å². The van der Waals surface area contributed by atoms with E-state index in [1.165, 1.54) is 18.4 Å². The number of benzene rings is 1. The zero-order valence-corrected chi connectivity index (χ0v) is 17.4. The first kappa shape index (κ1) is 21.0. The van der Waals surface area contributed by atoms with Gasteiger partial charge in [0.25, 0.3) is 0 Å². The van der Waals surface area contributed by atoms with Crippen molar-refractivity contribution in [2.75, 3.05) is 31.9 Å². The molecule has 0 aromatic heterocycles. The number of carbonyl (C=O) groups is 1. The first-order chi connectivity index (χ1) is 12.6. The van der Waals surface area contributed by atoms with Crippen molar-refractivity contribution < 1.29 is 4.79 Å². The summed E-state index contributed by atoms with van der Waals surface area (Å²) in [4.78, 5) is 19.5. The molecule has 0 bridgehead atoms. The second-order valence-corrected chi connectivity index (χ2v) is 8.00. The molecular formula is C21H33N3OS. The van der Waals surface area contributed by atoms with Crippen molar-refractivity contribution in [3.63, 3.8) is 0 Å². The molecule has 0 radical (unpaired) electrons. The fourth-order valence-electron chi connectivity index (χ4n) is 3.51. The van der Waals surface area contributed by atoms with Crippen molar-refractivity contribution in [2.24, 2.45) is 4.99 Å². The number of nitrogens with one attached hydrogen (secondary N) is 1. The smallest absolute Gasteiger partial charge is 0.230 e. The van der Waals surface area contributed by atoms with Gasteiger partial charge in [-0.05, 0) is 44.3 Å². The molecule has 1 atom stereocenters. The molecule has 0 aliphatic carbocycles. The third-order valence-electron chi connectivity index (χ3n) is 4.90. The number of aliphatic imine (C=N–C) groups is 1. The van der Waals surface area contributed by atoms with Gasteiger partial charge in [-0.25, -0.2) is 0 Å². The van der Waals surface area contributed by atoms with Gasteiger partial charge in [-0.15, -0.1) is 0 Å². The maximum atomic E-state index is 12.3. The molecule has 1 unspecified atom stereocenters. The molecule has 0 spiro atoms. The highest BCUT2D eigenvalue weighted by molar-refractivity contribution is 8.15. The van der Waals surface area contributed by atoms with Crippen molar-refractivity contribution in [3.05, 3.63) is 35.4 Å². The van der Waals surface area contributed by atoms with Crippen LogP contribution in [0.5, 0.6) is 0 Å². The first-order valence-electron chi connectivity index (χ1n) is 9.84. The summed E-state index contributed by atoms with van der Waals surface area (Å²) in [5, 5.41) is 4.09. The average Bonchev–Trinajstić information content (AvgIpc) is 3.11. The number of rotatable bonds is 8. The Hall–Kier alpha value is -1.33. The van der Waals surface area contributed by atoms with E-state index in [0.29, 0.717) is 17.7 Å². The second-order valence-electron chi connectivity index (χ2n) is 7.04. The zero-order chi connectivity index (χ0) is 18.9. The van der Waals surface area contributed by atoms with Crippen LogP contribution in [0.2, 0.25) is 0 Å². The summed E-state index contributed by atoms with van der Waals surface area (Å²) in [7, 11) is 0. The summed E-state index contributed by atoms with van der Waals surface area (Å²) in [5.74, 6) is 0.957. The summed E-state index contributed by atoms with van der Waals surface area (Å²) in [5.41, 5.74) is 2.45. The largest absolute Gasteiger partial charge is 0.354 e. The van der Waals surface area contributed by atoms with Crippen LogP contribution in [0.25, 0.3) is 0 Å². The lowest BCUT2D eigenvalue weighted by Gasteiger charge is -2.22. The maximum absolute atomic E-state index is 12.3. The highest BCUT2D eigenvalue weighted by atomic mass is 32.2. The summed E-state index contributed by atoms with van der Waals surface area (Å²) < 4.78 is 0. The Balaban J connectivity index is 1.93. The van der Waals surface area contributed by atoms with Gasteiger partial charge in [0.05, 0.1) is 10.8 Å². The van der Waals surface area contributed by atoms with Gasteiger partial charge in [0.1, 0.15) is 0 Å². The molecule has 0 saturated carbocycles. The maximum Gasteiger partial charge on any atom is 0.230 e. The number of carbonyl (C=O) groups excluding carboxylic acids is 1. The molecule has 26 heavy (non-hydrogen) atoms. The van der Waals surface area contributed by atoms with Gasteiger partial charge in [0, 0.05) is 24.7 Å². The lowest BCUT2D eigenvalue weighted by atomic mass is 9.98. The number of likely N-dealkylation sites (N-methyl/N-ethyl adjacent to an activating group) is 1. The molecule has 1 aromatic rings.